The number of methoxy groups -OCH3 is 1. The summed E-state index contributed by atoms with van der Waals surface area (Å²) < 4.78 is 5.25. The predicted octanol–water partition coefficient (Wildman–Crippen LogP) is 5.43. The number of carbonyl (C=O) groups is 1. The minimum absolute atomic E-state index is 0.112. The van der Waals surface area contributed by atoms with Crippen LogP contribution < -0.4 is 9.64 Å². The first kappa shape index (κ1) is 16.7. The average molecular weight is 364 g/mol. The lowest BCUT2D eigenvalue weighted by Crippen LogP contribution is -2.18. The molecule has 130 valence electrons. The Balaban J connectivity index is 1.83. The lowest BCUT2D eigenvalue weighted by atomic mass is 10.0. The standard InChI is InChI=1S/C22H18ClNO2/c1-26-18-9-6-15(7-10-18)14-24-20-11-8-17(23)12-16(20)13-22(25)19-4-2-3-5-21(19)24/h2-12H,13-14H2,1H3. The van der Waals surface area contributed by atoms with Crippen LogP contribution in [0.3, 0.4) is 0 Å². The maximum atomic E-state index is 12.8. The molecule has 1 heterocycles. The molecule has 0 spiro atoms. The van der Waals surface area contributed by atoms with E-state index in [0.29, 0.717) is 18.0 Å². The van der Waals surface area contributed by atoms with E-state index < -0.39 is 0 Å². The highest BCUT2D eigenvalue weighted by atomic mass is 35.5. The van der Waals surface area contributed by atoms with Crippen molar-refractivity contribution in [1.29, 1.82) is 0 Å². The molecular weight excluding hydrogens is 346 g/mol. The van der Waals surface area contributed by atoms with Gasteiger partial charge >= 0.3 is 0 Å². The van der Waals surface area contributed by atoms with Gasteiger partial charge in [0.15, 0.2) is 5.78 Å². The summed E-state index contributed by atoms with van der Waals surface area (Å²) in [4.78, 5) is 15.0. The zero-order chi connectivity index (χ0) is 18.1. The van der Waals surface area contributed by atoms with Gasteiger partial charge in [0.1, 0.15) is 5.75 Å². The molecule has 0 fully saturated rings. The van der Waals surface area contributed by atoms with Crippen molar-refractivity contribution in [2.75, 3.05) is 12.0 Å². The lowest BCUT2D eigenvalue weighted by molar-refractivity contribution is 0.0994. The maximum absolute atomic E-state index is 12.8. The van der Waals surface area contributed by atoms with Gasteiger partial charge in [-0.3, -0.25) is 4.79 Å². The molecule has 0 aromatic heterocycles. The quantitative estimate of drug-likeness (QED) is 0.621. The summed E-state index contributed by atoms with van der Waals surface area (Å²) in [5.74, 6) is 0.939. The molecule has 0 unspecified atom stereocenters. The number of hydrogen-bond donors (Lipinski definition) is 0. The summed E-state index contributed by atoms with van der Waals surface area (Å²) in [7, 11) is 1.66. The molecule has 0 aliphatic carbocycles. The summed E-state index contributed by atoms with van der Waals surface area (Å²) in [6.07, 6.45) is 0.353. The van der Waals surface area contributed by atoms with Crippen LogP contribution in [0.5, 0.6) is 5.75 Å². The molecule has 1 aliphatic heterocycles. The lowest BCUT2D eigenvalue weighted by Gasteiger charge is -2.27. The summed E-state index contributed by atoms with van der Waals surface area (Å²) in [5, 5.41) is 0.645. The Bertz CT molecular complexity index is 966. The number of ketones is 1. The Labute approximate surface area is 157 Å². The topological polar surface area (TPSA) is 29.5 Å². The molecule has 0 amide bonds. The third-order valence-electron chi connectivity index (χ3n) is 4.68. The zero-order valence-electron chi connectivity index (χ0n) is 14.4. The molecule has 4 rings (SSSR count). The van der Waals surface area contributed by atoms with Crippen molar-refractivity contribution in [1.82, 2.24) is 0 Å². The van der Waals surface area contributed by atoms with Gasteiger partial charge in [-0.15, -0.1) is 0 Å². The first-order chi connectivity index (χ1) is 12.7. The minimum atomic E-state index is 0.112. The van der Waals surface area contributed by atoms with Gasteiger partial charge in [-0.1, -0.05) is 35.9 Å². The summed E-state index contributed by atoms with van der Waals surface area (Å²) in [6, 6.07) is 21.5. The molecule has 1 aliphatic rings. The third-order valence-corrected chi connectivity index (χ3v) is 4.91. The van der Waals surface area contributed by atoms with Crippen LogP contribution in [-0.2, 0) is 13.0 Å². The number of para-hydroxylation sites is 1. The molecule has 26 heavy (non-hydrogen) atoms. The average Bonchev–Trinajstić information content (AvgIpc) is 2.77. The Morgan fingerprint density at radius 1 is 1.00 bits per heavy atom. The number of nitrogens with zero attached hydrogens (tertiary/aromatic N) is 1. The van der Waals surface area contributed by atoms with E-state index >= 15 is 0 Å². The van der Waals surface area contributed by atoms with E-state index in [1.807, 2.05) is 66.7 Å². The number of rotatable bonds is 3. The van der Waals surface area contributed by atoms with Crippen molar-refractivity contribution in [2.45, 2.75) is 13.0 Å². The van der Waals surface area contributed by atoms with Gasteiger partial charge in [0.05, 0.1) is 12.8 Å². The van der Waals surface area contributed by atoms with Crippen molar-refractivity contribution in [3.05, 3.63) is 88.4 Å². The van der Waals surface area contributed by atoms with Crippen LogP contribution in [0.1, 0.15) is 21.5 Å². The second-order valence-electron chi connectivity index (χ2n) is 6.32. The Morgan fingerprint density at radius 3 is 2.54 bits per heavy atom. The number of fused-ring (bicyclic) bond motifs is 2. The van der Waals surface area contributed by atoms with E-state index in [1.54, 1.807) is 7.11 Å². The molecule has 3 aromatic rings. The SMILES string of the molecule is COc1ccc(CN2c3ccc(Cl)cc3CC(=O)c3ccccc32)cc1. The maximum Gasteiger partial charge on any atom is 0.169 e. The third kappa shape index (κ3) is 3.06. The highest BCUT2D eigenvalue weighted by Crippen LogP contribution is 2.38. The van der Waals surface area contributed by atoms with Crippen LogP contribution in [0.15, 0.2) is 66.7 Å². The van der Waals surface area contributed by atoms with Crippen LogP contribution in [0.4, 0.5) is 11.4 Å². The van der Waals surface area contributed by atoms with Gasteiger partial charge in [0.2, 0.25) is 0 Å². The van der Waals surface area contributed by atoms with Crippen LogP contribution in [0, 0.1) is 0 Å². The monoisotopic (exact) mass is 363 g/mol. The van der Waals surface area contributed by atoms with E-state index in [4.69, 9.17) is 16.3 Å². The highest BCUT2D eigenvalue weighted by molar-refractivity contribution is 6.30. The number of ether oxygens (including phenoxy) is 1. The van der Waals surface area contributed by atoms with Gasteiger partial charge < -0.3 is 9.64 Å². The molecule has 0 bridgehead atoms. The Morgan fingerprint density at radius 2 is 1.77 bits per heavy atom. The highest BCUT2D eigenvalue weighted by Gasteiger charge is 2.25. The summed E-state index contributed by atoms with van der Waals surface area (Å²) in [6.45, 7) is 0.656. The van der Waals surface area contributed by atoms with E-state index in [0.717, 1.165) is 33.8 Å². The summed E-state index contributed by atoms with van der Waals surface area (Å²) >= 11 is 6.19. The first-order valence-electron chi connectivity index (χ1n) is 8.47. The van der Waals surface area contributed by atoms with Gasteiger partial charge in [0, 0.05) is 29.2 Å². The molecule has 3 aromatic carbocycles. The minimum Gasteiger partial charge on any atom is -0.497 e. The van der Waals surface area contributed by atoms with E-state index in [2.05, 4.69) is 4.90 Å². The van der Waals surface area contributed by atoms with Gasteiger partial charge in [-0.05, 0) is 53.6 Å². The molecule has 4 heteroatoms. The number of carbonyl (C=O) groups excluding carboxylic acids is 1. The fourth-order valence-electron chi connectivity index (χ4n) is 3.39. The molecule has 0 saturated carbocycles. The largest absolute Gasteiger partial charge is 0.497 e. The van der Waals surface area contributed by atoms with Crippen LogP contribution in [0.25, 0.3) is 0 Å². The number of halogens is 1. The Kier molecular flexibility index (Phi) is 4.39. The van der Waals surface area contributed by atoms with E-state index in [1.165, 1.54) is 0 Å². The van der Waals surface area contributed by atoms with Gasteiger partial charge in [-0.2, -0.15) is 0 Å². The second kappa shape index (κ2) is 6.85. The molecule has 3 nitrogen and oxygen atoms in total. The fourth-order valence-corrected chi connectivity index (χ4v) is 3.58. The zero-order valence-corrected chi connectivity index (χ0v) is 15.2. The summed E-state index contributed by atoms with van der Waals surface area (Å²) in [5.41, 5.74) is 4.77. The normalized spacial score (nSPS) is 13.0. The van der Waals surface area contributed by atoms with Gasteiger partial charge in [-0.25, -0.2) is 0 Å². The molecule has 0 radical (unpaired) electrons. The van der Waals surface area contributed by atoms with Crippen LogP contribution in [-0.4, -0.2) is 12.9 Å². The van der Waals surface area contributed by atoms with Crippen molar-refractivity contribution in [3.63, 3.8) is 0 Å². The number of anilines is 2. The smallest absolute Gasteiger partial charge is 0.169 e. The van der Waals surface area contributed by atoms with Gasteiger partial charge in [0.25, 0.3) is 0 Å². The number of benzene rings is 3. The molecular formula is C22H18ClNO2. The molecule has 0 saturated heterocycles. The van der Waals surface area contributed by atoms with Crippen LogP contribution in [0.2, 0.25) is 5.02 Å². The first-order valence-corrected chi connectivity index (χ1v) is 8.84. The number of Topliss-reactive ketones (excluding diaryl/α,β-unsaturated/α-hetero) is 1. The predicted molar refractivity (Wildman–Crippen MR) is 105 cm³/mol. The Hall–Kier alpha value is -2.78. The van der Waals surface area contributed by atoms with Crippen molar-refractivity contribution in [2.24, 2.45) is 0 Å². The second-order valence-corrected chi connectivity index (χ2v) is 6.76. The van der Waals surface area contributed by atoms with Crippen molar-refractivity contribution < 1.29 is 9.53 Å². The number of hydrogen-bond acceptors (Lipinski definition) is 3. The van der Waals surface area contributed by atoms with E-state index in [9.17, 15) is 4.79 Å². The van der Waals surface area contributed by atoms with Crippen molar-refractivity contribution in [3.8, 4) is 5.75 Å². The van der Waals surface area contributed by atoms with Crippen molar-refractivity contribution >= 4 is 28.8 Å². The molecule has 0 N–H and O–H groups in total. The fraction of sp³-hybridized carbons (Fsp3) is 0.136. The van der Waals surface area contributed by atoms with E-state index in [-0.39, 0.29) is 5.78 Å². The molecule has 0 atom stereocenters. The van der Waals surface area contributed by atoms with Crippen LogP contribution >= 0.6 is 11.6 Å².